The first-order valence-electron chi connectivity index (χ1n) is 5.76. The predicted molar refractivity (Wildman–Crippen MR) is 64.5 cm³/mol. The Hall–Kier alpha value is -0.830. The SMILES string of the molecule is C/C=C/CCNC(=O)C(CC)(CC)CN. The van der Waals surface area contributed by atoms with E-state index in [0.717, 1.165) is 19.3 Å². The van der Waals surface area contributed by atoms with Crippen molar-refractivity contribution in [2.75, 3.05) is 13.1 Å². The van der Waals surface area contributed by atoms with E-state index in [1.807, 2.05) is 32.9 Å². The van der Waals surface area contributed by atoms with E-state index in [1.54, 1.807) is 0 Å². The molecule has 0 bridgehead atoms. The zero-order valence-electron chi connectivity index (χ0n) is 10.2. The van der Waals surface area contributed by atoms with Crippen molar-refractivity contribution in [1.29, 1.82) is 0 Å². The third-order valence-corrected chi connectivity index (χ3v) is 3.06. The Morgan fingerprint density at radius 2 is 2.00 bits per heavy atom. The van der Waals surface area contributed by atoms with Crippen LogP contribution < -0.4 is 11.1 Å². The molecule has 0 fully saturated rings. The number of hydrogen-bond acceptors (Lipinski definition) is 2. The van der Waals surface area contributed by atoms with Crippen molar-refractivity contribution in [3.05, 3.63) is 12.2 Å². The normalized spacial score (nSPS) is 12.0. The van der Waals surface area contributed by atoms with Crippen LogP contribution in [0.5, 0.6) is 0 Å². The lowest BCUT2D eigenvalue weighted by Crippen LogP contribution is -2.45. The summed E-state index contributed by atoms with van der Waals surface area (Å²) in [5.41, 5.74) is 5.32. The molecule has 0 aliphatic carbocycles. The summed E-state index contributed by atoms with van der Waals surface area (Å²) in [6, 6.07) is 0. The molecule has 0 aromatic carbocycles. The van der Waals surface area contributed by atoms with Crippen molar-refractivity contribution < 1.29 is 4.79 Å². The van der Waals surface area contributed by atoms with Crippen LogP contribution in [0.4, 0.5) is 0 Å². The van der Waals surface area contributed by atoms with Crippen LogP contribution in [-0.4, -0.2) is 19.0 Å². The van der Waals surface area contributed by atoms with Crippen LogP contribution in [0.15, 0.2) is 12.2 Å². The maximum Gasteiger partial charge on any atom is 0.227 e. The van der Waals surface area contributed by atoms with Crippen molar-refractivity contribution in [3.8, 4) is 0 Å². The molecule has 0 aliphatic rings. The Labute approximate surface area is 93.1 Å². The van der Waals surface area contributed by atoms with E-state index in [-0.39, 0.29) is 11.3 Å². The van der Waals surface area contributed by atoms with Crippen LogP contribution in [0.1, 0.15) is 40.0 Å². The van der Waals surface area contributed by atoms with Gasteiger partial charge in [-0.15, -0.1) is 0 Å². The number of carbonyl (C=O) groups excluding carboxylic acids is 1. The zero-order valence-corrected chi connectivity index (χ0v) is 10.2. The molecule has 3 N–H and O–H groups in total. The van der Waals surface area contributed by atoms with Gasteiger partial charge in [-0.25, -0.2) is 0 Å². The van der Waals surface area contributed by atoms with Gasteiger partial charge in [-0.2, -0.15) is 0 Å². The van der Waals surface area contributed by atoms with Crippen LogP contribution in [0.3, 0.4) is 0 Å². The van der Waals surface area contributed by atoms with Gasteiger partial charge in [-0.1, -0.05) is 26.0 Å². The number of rotatable bonds is 7. The summed E-state index contributed by atoms with van der Waals surface area (Å²) in [6.45, 7) is 7.13. The van der Waals surface area contributed by atoms with Crippen molar-refractivity contribution in [2.24, 2.45) is 11.1 Å². The first-order valence-corrected chi connectivity index (χ1v) is 5.76. The second-order valence-electron chi connectivity index (χ2n) is 3.81. The monoisotopic (exact) mass is 212 g/mol. The lowest BCUT2D eigenvalue weighted by atomic mass is 9.81. The summed E-state index contributed by atoms with van der Waals surface area (Å²) >= 11 is 0. The van der Waals surface area contributed by atoms with Crippen LogP contribution in [0.25, 0.3) is 0 Å². The van der Waals surface area contributed by atoms with Gasteiger partial charge in [-0.05, 0) is 26.2 Å². The van der Waals surface area contributed by atoms with Crippen LogP contribution in [0, 0.1) is 5.41 Å². The Morgan fingerprint density at radius 3 is 2.40 bits per heavy atom. The minimum Gasteiger partial charge on any atom is -0.355 e. The Bertz CT molecular complexity index is 199. The van der Waals surface area contributed by atoms with Crippen LogP contribution in [-0.2, 0) is 4.79 Å². The molecule has 0 saturated carbocycles. The largest absolute Gasteiger partial charge is 0.355 e. The van der Waals surface area contributed by atoms with Gasteiger partial charge >= 0.3 is 0 Å². The van der Waals surface area contributed by atoms with Gasteiger partial charge in [0.1, 0.15) is 0 Å². The molecule has 0 radical (unpaired) electrons. The fourth-order valence-corrected chi connectivity index (χ4v) is 1.58. The number of hydrogen-bond donors (Lipinski definition) is 2. The Morgan fingerprint density at radius 1 is 1.40 bits per heavy atom. The summed E-state index contributed by atoms with van der Waals surface area (Å²) in [4.78, 5) is 11.9. The maximum atomic E-state index is 11.9. The predicted octanol–water partition coefficient (Wildman–Crippen LogP) is 1.83. The standard InChI is InChI=1S/C12H24N2O/c1-4-7-8-9-14-11(15)12(5-2,6-3)10-13/h4,7H,5-6,8-10,13H2,1-3H3,(H,14,15)/b7-4+. The molecule has 88 valence electrons. The highest BCUT2D eigenvalue weighted by Gasteiger charge is 2.32. The van der Waals surface area contributed by atoms with Crippen molar-refractivity contribution in [2.45, 2.75) is 40.0 Å². The Kier molecular flexibility index (Phi) is 7.05. The molecule has 1 amide bonds. The Balaban J connectivity index is 4.15. The molecule has 0 aliphatic heterocycles. The third kappa shape index (κ3) is 4.04. The third-order valence-electron chi connectivity index (χ3n) is 3.06. The van der Waals surface area contributed by atoms with Gasteiger partial charge in [0.05, 0.1) is 5.41 Å². The number of allylic oxidation sites excluding steroid dienone is 1. The van der Waals surface area contributed by atoms with Crippen LogP contribution >= 0.6 is 0 Å². The number of nitrogens with two attached hydrogens (primary N) is 1. The molecule has 0 atom stereocenters. The first-order chi connectivity index (χ1) is 7.16. The highest BCUT2D eigenvalue weighted by atomic mass is 16.2. The highest BCUT2D eigenvalue weighted by Crippen LogP contribution is 2.24. The topological polar surface area (TPSA) is 55.1 Å². The average molecular weight is 212 g/mol. The van der Waals surface area contributed by atoms with Gasteiger partial charge in [0.2, 0.25) is 5.91 Å². The van der Waals surface area contributed by atoms with Gasteiger partial charge in [-0.3, -0.25) is 4.79 Å². The van der Waals surface area contributed by atoms with E-state index in [9.17, 15) is 4.79 Å². The lowest BCUT2D eigenvalue weighted by molar-refractivity contribution is -0.130. The van der Waals surface area contributed by atoms with Crippen molar-refractivity contribution in [3.63, 3.8) is 0 Å². The molecule has 0 aromatic rings. The van der Waals surface area contributed by atoms with Crippen molar-refractivity contribution >= 4 is 5.91 Å². The maximum absolute atomic E-state index is 11.9. The lowest BCUT2D eigenvalue weighted by Gasteiger charge is -2.28. The molecule has 0 saturated heterocycles. The van der Waals surface area contributed by atoms with E-state index >= 15 is 0 Å². The smallest absolute Gasteiger partial charge is 0.227 e. The van der Waals surface area contributed by atoms with Crippen molar-refractivity contribution in [1.82, 2.24) is 5.32 Å². The molecule has 3 nitrogen and oxygen atoms in total. The van der Waals surface area contributed by atoms with E-state index < -0.39 is 0 Å². The van der Waals surface area contributed by atoms with Gasteiger partial charge in [0.25, 0.3) is 0 Å². The highest BCUT2D eigenvalue weighted by molar-refractivity contribution is 5.82. The number of amides is 1. The van der Waals surface area contributed by atoms with E-state index in [0.29, 0.717) is 13.1 Å². The second-order valence-corrected chi connectivity index (χ2v) is 3.81. The number of nitrogens with one attached hydrogen (secondary N) is 1. The van der Waals surface area contributed by atoms with Crippen LogP contribution in [0.2, 0.25) is 0 Å². The molecule has 0 heterocycles. The molecule has 3 heteroatoms. The summed E-state index contributed by atoms with van der Waals surface area (Å²) in [5.74, 6) is 0.0968. The fourth-order valence-electron chi connectivity index (χ4n) is 1.58. The zero-order chi connectivity index (χ0) is 11.7. The summed E-state index contributed by atoms with van der Waals surface area (Å²) in [5, 5.41) is 2.94. The molecule has 15 heavy (non-hydrogen) atoms. The van der Waals surface area contributed by atoms with E-state index in [1.165, 1.54) is 0 Å². The quantitative estimate of drug-likeness (QED) is 0.500. The molecular weight excluding hydrogens is 188 g/mol. The molecule has 0 unspecified atom stereocenters. The summed E-state index contributed by atoms with van der Waals surface area (Å²) < 4.78 is 0. The van der Waals surface area contributed by atoms with Gasteiger partial charge in [0, 0.05) is 13.1 Å². The average Bonchev–Trinajstić information content (AvgIpc) is 2.28. The van der Waals surface area contributed by atoms with Gasteiger partial charge < -0.3 is 11.1 Å². The van der Waals surface area contributed by atoms with E-state index in [4.69, 9.17) is 5.73 Å². The summed E-state index contributed by atoms with van der Waals surface area (Å²) in [6.07, 6.45) is 6.52. The molecule has 0 aromatic heterocycles. The molecule has 0 rings (SSSR count). The molecular formula is C12H24N2O. The summed E-state index contributed by atoms with van der Waals surface area (Å²) in [7, 11) is 0. The minimum absolute atomic E-state index is 0.0968. The fraction of sp³-hybridized carbons (Fsp3) is 0.750. The number of carbonyl (C=O) groups is 1. The second kappa shape index (κ2) is 7.46. The first kappa shape index (κ1) is 14.2. The minimum atomic E-state index is -0.365. The van der Waals surface area contributed by atoms with Gasteiger partial charge in [0.15, 0.2) is 0 Å². The molecule has 0 spiro atoms. The van der Waals surface area contributed by atoms with E-state index in [2.05, 4.69) is 5.32 Å².